The lowest BCUT2D eigenvalue weighted by atomic mass is 10.6. The van der Waals surface area contributed by atoms with Crippen molar-refractivity contribution >= 4 is 11.0 Å². The molecule has 5 heteroatoms. The third kappa shape index (κ3) is 9.07. The fourth-order valence-electron chi connectivity index (χ4n) is 0.0962. The Balaban J connectivity index is 0.000000122. The zero-order valence-electron chi connectivity index (χ0n) is 3.98. The zero-order valence-corrected chi connectivity index (χ0v) is 4.88. The van der Waals surface area contributed by atoms with Gasteiger partial charge in [-0.15, -0.1) is 0 Å². The van der Waals surface area contributed by atoms with E-state index in [1.54, 1.807) is 6.26 Å². The van der Waals surface area contributed by atoms with Crippen molar-refractivity contribution in [1.29, 1.82) is 0 Å². The minimum Gasteiger partial charge on any atom is -0.497 e. The maximum absolute atomic E-state index is 8.59. The Morgan fingerprint density at radius 3 is 1.75 bits per heavy atom. The first-order valence-corrected chi connectivity index (χ1v) is 2.96. The van der Waals surface area contributed by atoms with Crippen LogP contribution in [0.5, 0.6) is 0 Å². The molecule has 0 amide bonds. The van der Waals surface area contributed by atoms with Gasteiger partial charge in [-0.25, -0.2) is 8.42 Å². The Kier molecular flexibility index (Phi) is 4.29. The highest BCUT2D eigenvalue weighted by molar-refractivity contribution is 7.66. The number of hydrogen-bond acceptors (Lipinski definition) is 3. The second kappa shape index (κ2) is 4.61. The van der Waals surface area contributed by atoms with Gasteiger partial charge >= 0.3 is 0 Å². The standard InChI is InChI=1S/C3H4O.H2O3S/c1-2-4-3-1;1-4(2)3/h1-2H,3H2;4H,(H,1,2,3). The van der Waals surface area contributed by atoms with E-state index in [-0.39, 0.29) is 0 Å². The molecule has 1 aliphatic rings. The average molecular weight is 138 g/mol. The molecule has 1 heterocycles. The topological polar surface area (TPSA) is 63.6 Å². The van der Waals surface area contributed by atoms with Gasteiger partial charge in [0.05, 0.1) is 6.26 Å². The normalized spacial score (nSPS) is 13.2. The van der Waals surface area contributed by atoms with Crippen LogP contribution in [-0.2, 0) is 15.7 Å². The second-order valence-corrected chi connectivity index (χ2v) is 1.42. The van der Waals surface area contributed by atoms with Crippen molar-refractivity contribution in [2.24, 2.45) is 0 Å². The fraction of sp³-hybridized carbons (Fsp3) is 0.333. The van der Waals surface area contributed by atoms with Crippen molar-refractivity contribution in [2.75, 3.05) is 6.61 Å². The highest BCUT2D eigenvalue weighted by Gasteiger charge is 1.79. The molecule has 4 nitrogen and oxygen atoms in total. The number of hydrogen-bond donors (Lipinski definition) is 2. The Morgan fingerprint density at radius 2 is 1.75 bits per heavy atom. The summed E-state index contributed by atoms with van der Waals surface area (Å²) in [5, 5.41) is 0. The smallest absolute Gasteiger partial charge is 0.254 e. The zero-order chi connectivity index (χ0) is 6.41. The van der Waals surface area contributed by atoms with E-state index in [1.165, 1.54) is 0 Å². The average Bonchev–Trinajstić information content (AvgIpc) is 1.19. The molecule has 0 spiro atoms. The van der Waals surface area contributed by atoms with Crippen LogP contribution in [0.3, 0.4) is 0 Å². The van der Waals surface area contributed by atoms with E-state index in [2.05, 4.69) is 4.74 Å². The molecule has 1 aliphatic heterocycles. The third-order valence-electron chi connectivity index (χ3n) is 0.385. The molecular formula is C3H6O4S. The first kappa shape index (κ1) is 7.45. The molecule has 0 aromatic heterocycles. The van der Waals surface area contributed by atoms with Crippen LogP contribution in [0.25, 0.3) is 0 Å². The van der Waals surface area contributed by atoms with E-state index in [9.17, 15) is 0 Å². The first-order valence-electron chi connectivity index (χ1n) is 1.83. The maximum Gasteiger partial charge on any atom is 0.254 e. The highest BCUT2D eigenvalue weighted by Crippen LogP contribution is 1.87. The Bertz CT molecular complexity index is 122. The summed E-state index contributed by atoms with van der Waals surface area (Å²) >= 11 is 0. The summed E-state index contributed by atoms with van der Waals surface area (Å²) in [5.74, 6) is 0. The lowest BCUT2D eigenvalue weighted by molar-refractivity contribution is 0.243. The van der Waals surface area contributed by atoms with Crippen molar-refractivity contribution in [3.63, 3.8) is 0 Å². The van der Waals surface area contributed by atoms with Gasteiger partial charge in [-0.05, 0) is 6.08 Å². The largest absolute Gasteiger partial charge is 0.497 e. The number of rotatable bonds is 0. The molecule has 0 saturated carbocycles. The molecule has 1 rings (SSSR count). The van der Waals surface area contributed by atoms with E-state index in [0.29, 0.717) is 0 Å². The van der Waals surface area contributed by atoms with Crippen LogP contribution < -0.4 is 0 Å². The second-order valence-electron chi connectivity index (χ2n) is 0.943. The third-order valence-corrected chi connectivity index (χ3v) is 0.385. The molecule has 1 N–H and O–H groups in total. The van der Waals surface area contributed by atoms with Gasteiger partial charge in [0, 0.05) is 0 Å². The summed E-state index contributed by atoms with van der Waals surface area (Å²) in [5.41, 5.74) is 0. The van der Waals surface area contributed by atoms with Gasteiger partial charge in [0.1, 0.15) is 6.61 Å². The lowest BCUT2D eigenvalue weighted by Crippen LogP contribution is -1.89. The summed E-state index contributed by atoms with van der Waals surface area (Å²) < 4.78 is 28.7. The molecule has 0 fully saturated rings. The highest BCUT2D eigenvalue weighted by atomic mass is 32.2. The molecule has 8 heavy (non-hydrogen) atoms. The molecule has 0 bridgehead atoms. The maximum atomic E-state index is 8.59. The summed E-state index contributed by atoms with van der Waals surface area (Å²) in [6, 6.07) is 0. The van der Waals surface area contributed by atoms with Crippen LogP contribution in [0.4, 0.5) is 0 Å². The minimum absolute atomic E-state index is 0.819. The van der Waals surface area contributed by atoms with E-state index in [1.807, 2.05) is 6.08 Å². The molecule has 0 aromatic rings. The molecule has 0 atom stereocenters. The van der Waals surface area contributed by atoms with Crippen LogP contribution in [0.2, 0.25) is 0 Å². The van der Waals surface area contributed by atoms with Crippen molar-refractivity contribution < 1.29 is 17.7 Å². The fourth-order valence-corrected chi connectivity index (χ4v) is 0.0962. The van der Waals surface area contributed by atoms with Crippen LogP contribution in [0.15, 0.2) is 12.3 Å². The van der Waals surface area contributed by atoms with E-state index >= 15 is 0 Å². The molecule has 0 radical (unpaired) electrons. The van der Waals surface area contributed by atoms with Gasteiger partial charge in [0.25, 0.3) is 11.0 Å². The summed E-state index contributed by atoms with van der Waals surface area (Å²) in [6.45, 7) is 0.819. The Hall–Kier alpha value is -0.550. The van der Waals surface area contributed by atoms with Crippen LogP contribution in [-0.4, -0.2) is 19.6 Å². The molecule has 0 saturated heterocycles. The Labute approximate surface area is 48.6 Å². The monoisotopic (exact) mass is 138 g/mol. The lowest BCUT2D eigenvalue weighted by Gasteiger charge is -1.99. The van der Waals surface area contributed by atoms with Crippen LogP contribution in [0, 0.1) is 0 Å². The van der Waals surface area contributed by atoms with Crippen molar-refractivity contribution in [3.05, 3.63) is 12.3 Å². The quantitative estimate of drug-likeness (QED) is 0.353. The van der Waals surface area contributed by atoms with Gasteiger partial charge in [0.15, 0.2) is 0 Å². The summed E-state index contributed by atoms with van der Waals surface area (Å²) in [4.78, 5) is 0. The summed E-state index contributed by atoms with van der Waals surface area (Å²) in [7, 11) is -3.12. The van der Waals surface area contributed by atoms with E-state index in [0.717, 1.165) is 6.61 Å². The van der Waals surface area contributed by atoms with Gasteiger partial charge in [-0.3, -0.25) is 4.55 Å². The summed E-state index contributed by atoms with van der Waals surface area (Å²) in [6.07, 6.45) is 3.64. The van der Waals surface area contributed by atoms with Crippen molar-refractivity contribution in [3.8, 4) is 0 Å². The van der Waals surface area contributed by atoms with Gasteiger partial charge in [-0.2, -0.15) is 0 Å². The number of ether oxygens (including phenoxy) is 1. The number of thiol groups is 1. The molecule has 0 aromatic carbocycles. The minimum atomic E-state index is -3.12. The first-order chi connectivity index (χ1) is 3.73. The molecule has 48 valence electrons. The van der Waals surface area contributed by atoms with E-state index in [4.69, 9.17) is 13.0 Å². The SMILES string of the molecule is C1=COC1.O=[SH](=O)O. The molecule has 0 aliphatic carbocycles. The van der Waals surface area contributed by atoms with Crippen molar-refractivity contribution in [2.45, 2.75) is 0 Å². The van der Waals surface area contributed by atoms with Gasteiger partial charge < -0.3 is 4.74 Å². The van der Waals surface area contributed by atoms with Gasteiger partial charge in [0.2, 0.25) is 0 Å². The molecular weight excluding hydrogens is 132 g/mol. The predicted octanol–water partition coefficient (Wildman–Crippen LogP) is -0.399. The van der Waals surface area contributed by atoms with Crippen LogP contribution >= 0.6 is 0 Å². The van der Waals surface area contributed by atoms with E-state index < -0.39 is 11.0 Å². The predicted molar refractivity (Wildman–Crippen MR) is 28.0 cm³/mol. The van der Waals surface area contributed by atoms with Crippen molar-refractivity contribution in [1.82, 2.24) is 0 Å². The van der Waals surface area contributed by atoms with Crippen LogP contribution in [0.1, 0.15) is 0 Å². The van der Waals surface area contributed by atoms with Gasteiger partial charge in [-0.1, -0.05) is 0 Å². The Morgan fingerprint density at radius 1 is 1.62 bits per heavy atom. The molecule has 0 unspecified atom stereocenters.